The summed E-state index contributed by atoms with van der Waals surface area (Å²) in [6, 6.07) is 9.93. The van der Waals surface area contributed by atoms with Gasteiger partial charge in [0.2, 0.25) is 5.88 Å². The molecule has 2 amide bonds. The smallest absolute Gasteiger partial charge is 0.320 e. The summed E-state index contributed by atoms with van der Waals surface area (Å²) in [6.45, 7) is 1.62. The number of fused-ring (bicyclic) bond motifs is 1. The molecule has 3 rings (SSSR count). The quantitative estimate of drug-likeness (QED) is 0.568. The van der Waals surface area contributed by atoms with E-state index in [9.17, 15) is 9.90 Å². The first-order valence-corrected chi connectivity index (χ1v) is 7.77. The van der Waals surface area contributed by atoms with Crippen molar-refractivity contribution in [3.05, 3.63) is 48.2 Å². The van der Waals surface area contributed by atoms with Crippen molar-refractivity contribution in [2.75, 3.05) is 12.4 Å². The molecule has 8 nitrogen and oxygen atoms in total. The summed E-state index contributed by atoms with van der Waals surface area (Å²) in [4.78, 5) is 16.5. The highest BCUT2D eigenvalue weighted by Crippen LogP contribution is 2.23. The van der Waals surface area contributed by atoms with Gasteiger partial charge in [-0.1, -0.05) is 30.3 Å². The lowest BCUT2D eigenvalue weighted by atomic mass is 10.0. The maximum absolute atomic E-state index is 12.3. The number of carbonyl (C=O) groups excluding carboxylic acids is 1. The Morgan fingerprint density at radius 1 is 1.32 bits per heavy atom. The number of aromatic nitrogens is 3. The molecule has 0 fully saturated rings. The number of ether oxygens (including phenoxy) is 1. The lowest BCUT2D eigenvalue weighted by molar-refractivity contribution is 0.148. The van der Waals surface area contributed by atoms with Crippen LogP contribution in [0.15, 0.2) is 42.6 Å². The highest BCUT2D eigenvalue weighted by molar-refractivity contribution is 5.92. The molecule has 0 saturated carbocycles. The van der Waals surface area contributed by atoms with Gasteiger partial charge in [0.1, 0.15) is 5.82 Å². The van der Waals surface area contributed by atoms with Crippen LogP contribution in [-0.2, 0) is 0 Å². The zero-order valence-corrected chi connectivity index (χ0v) is 13.9. The molecule has 0 radical (unpaired) electrons. The van der Waals surface area contributed by atoms with Gasteiger partial charge in [-0.05, 0) is 12.5 Å². The van der Waals surface area contributed by atoms with E-state index >= 15 is 0 Å². The molecule has 0 spiro atoms. The van der Waals surface area contributed by atoms with Gasteiger partial charge in [-0.2, -0.15) is 0 Å². The fraction of sp³-hybridized carbons (Fsp3) is 0.235. The summed E-state index contributed by atoms with van der Waals surface area (Å²) in [5.74, 6) is 0.797. The lowest BCUT2D eigenvalue weighted by Gasteiger charge is -2.22. The average Bonchev–Trinajstić information content (AvgIpc) is 3.02. The molecule has 0 bridgehead atoms. The van der Waals surface area contributed by atoms with Gasteiger partial charge in [-0.15, -0.1) is 5.10 Å². The molecule has 8 heteroatoms. The van der Waals surface area contributed by atoms with Crippen LogP contribution in [0.2, 0.25) is 0 Å². The van der Waals surface area contributed by atoms with Crippen LogP contribution >= 0.6 is 0 Å². The Balaban J connectivity index is 1.73. The molecule has 0 aliphatic carbocycles. The van der Waals surface area contributed by atoms with Gasteiger partial charge in [0, 0.05) is 12.3 Å². The maximum Gasteiger partial charge on any atom is 0.320 e. The van der Waals surface area contributed by atoms with Gasteiger partial charge >= 0.3 is 6.03 Å². The number of hydrogen-bond donors (Lipinski definition) is 4. The van der Waals surface area contributed by atoms with Crippen LogP contribution in [0.25, 0.3) is 10.9 Å². The number of nitrogens with one attached hydrogen (secondary N) is 3. The molecule has 2 unspecified atom stereocenters. The Hall–Kier alpha value is -3.13. The van der Waals surface area contributed by atoms with E-state index in [0.29, 0.717) is 17.2 Å². The second-order valence-corrected chi connectivity index (χ2v) is 5.58. The zero-order valence-electron chi connectivity index (χ0n) is 13.9. The van der Waals surface area contributed by atoms with E-state index in [2.05, 4.69) is 25.8 Å². The maximum atomic E-state index is 12.3. The molecule has 2 atom stereocenters. The van der Waals surface area contributed by atoms with E-state index in [0.717, 1.165) is 10.9 Å². The summed E-state index contributed by atoms with van der Waals surface area (Å²) < 4.78 is 5.11. The van der Waals surface area contributed by atoms with Gasteiger partial charge in [0.15, 0.2) is 0 Å². The summed E-state index contributed by atoms with van der Waals surface area (Å²) in [5, 5.41) is 22.9. The number of amides is 2. The van der Waals surface area contributed by atoms with Crippen molar-refractivity contribution in [1.29, 1.82) is 0 Å². The van der Waals surface area contributed by atoms with E-state index in [1.807, 2.05) is 30.3 Å². The summed E-state index contributed by atoms with van der Waals surface area (Å²) in [5.41, 5.74) is 1.51. The first-order chi connectivity index (χ1) is 12.1. The minimum Gasteiger partial charge on any atom is -0.479 e. The number of carbonyl (C=O) groups is 1. The Bertz CT molecular complexity index is 863. The van der Waals surface area contributed by atoms with Gasteiger partial charge in [0.25, 0.3) is 0 Å². The molecule has 0 aliphatic heterocycles. The molecule has 0 aliphatic rings. The normalized spacial score (nSPS) is 13.2. The van der Waals surface area contributed by atoms with E-state index in [1.165, 1.54) is 7.11 Å². The molecule has 2 heterocycles. The van der Waals surface area contributed by atoms with Crippen molar-refractivity contribution in [2.24, 2.45) is 0 Å². The van der Waals surface area contributed by atoms with Crippen LogP contribution in [-0.4, -0.2) is 39.5 Å². The lowest BCUT2D eigenvalue weighted by Crippen LogP contribution is -2.37. The van der Waals surface area contributed by atoms with Crippen LogP contribution < -0.4 is 15.4 Å². The van der Waals surface area contributed by atoms with E-state index < -0.39 is 18.2 Å². The number of methoxy groups -OCH3 is 1. The van der Waals surface area contributed by atoms with Gasteiger partial charge in [-0.25, -0.2) is 9.78 Å². The molecule has 3 aromatic rings. The molecular weight excluding hydrogens is 322 g/mol. The molecule has 2 aromatic heterocycles. The van der Waals surface area contributed by atoms with Crippen molar-refractivity contribution in [1.82, 2.24) is 20.5 Å². The third kappa shape index (κ3) is 3.69. The fourth-order valence-corrected chi connectivity index (χ4v) is 2.55. The second-order valence-electron chi connectivity index (χ2n) is 5.58. The van der Waals surface area contributed by atoms with Crippen LogP contribution in [0.1, 0.15) is 18.5 Å². The van der Waals surface area contributed by atoms with E-state index in [4.69, 9.17) is 4.74 Å². The van der Waals surface area contributed by atoms with Crippen molar-refractivity contribution in [2.45, 2.75) is 19.1 Å². The number of anilines is 1. The standard InChI is InChI=1S/C17H19N5O3/c1-10(23)15(11-6-4-3-5-7-11)20-17(24)19-14-8-13-12(9-18-14)16(25-2)22-21-13/h3-10,15,23H,1-2H3,(H,21,22)(H2,18,19,20,24). The molecule has 0 saturated heterocycles. The number of benzene rings is 1. The fourth-order valence-electron chi connectivity index (χ4n) is 2.55. The van der Waals surface area contributed by atoms with Gasteiger partial charge in [0.05, 0.1) is 30.2 Å². The van der Waals surface area contributed by atoms with E-state index in [-0.39, 0.29) is 0 Å². The number of aromatic amines is 1. The number of aliphatic hydroxyl groups excluding tert-OH is 1. The number of hydrogen-bond acceptors (Lipinski definition) is 5. The number of rotatable bonds is 5. The molecular formula is C17H19N5O3. The van der Waals surface area contributed by atoms with Crippen molar-refractivity contribution in [3.8, 4) is 5.88 Å². The van der Waals surface area contributed by atoms with Crippen LogP contribution in [0.4, 0.5) is 10.6 Å². The number of urea groups is 1. The Labute approximate surface area is 144 Å². The topological polar surface area (TPSA) is 112 Å². The van der Waals surface area contributed by atoms with Crippen LogP contribution in [0.3, 0.4) is 0 Å². The summed E-state index contributed by atoms with van der Waals surface area (Å²) in [7, 11) is 1.52. The first kappa shape index (κ1) is 16.7. The van der Waals surface area contributed by atoms with Crippen molar-refractivity contribution < 1.29 is 14.6 Å². The van der Waals surface area contributed by atoms with Gasteiger partial charge < -0.3 is 15.2 Å². The largest absolute Gasteiger partial charge is 0.479 e. The van der Waals surface area contributed by atoms with Crippen LogP contribution in [0.5, 0.6) is 5.88 Å². The molecule has 130 valence electrons. The summed E-state index contributed by atoms with van der Waals surface area (Å²) in [6.07, 6.45) is 0.817. The molecule has 1 aromatic carbocycles. The Morgan fingerprint density at radius 2 is 2.08 bits per heavy atom. The highest BCUT2D eigenvalue weighted by atomic mass is 16.5. The third-order valence-electron chi connectivity index (χ3n) is 3.77. The predicted molar refractivity (Wildman–Crippen MR) is 93.5 cm³/mol. The summed E-state index contributed by atoms with van der Waals surface area (Å²) >= 11 is 0. The second kappa shape index (κ2) is 7.18. The van der Waals surface area contributed by atoms with Crippen LogP contribution in [0, 0.1) is 0 Å². The number of pyridine rings is 1. The Morgan fingerprint density at radius 3 is 2.76 bits per heavy atom. The van der Waals surface area contributed by atoms with E-state index in [1.54, 1.807) is 19.2 Å². The van der Waals surface area contributed by atoms with Crippen molar-refractivity contribution in [3.63, 3.8) is 0 Å². The Kier molecular flexibility index (Phi) is 4.80. The number of aliphatic hydroxyl groups is 1. The van der Waals surface area contributed by atoms with Crippen molar-refractivity contribution >= 4 is 22.8 Å². The zero-order chi connectivity index (χ0) is 17.8. The number of nitrogens with zero attached hydrogens (tertiary/aromatic N) is 2. The minimum atomic E-state index is -0.750. The third-order valence-corrected chi connectivity index (χ3v) is 3.77. The number of H-pyrrole nitrogens is 1. The molecule has 25 heavy (non-hydrogen) atoms. The average molecular weight is 341 g/mol. The highest BCUT2D eigenvalue weighted by Gasteiger charge is 2.20. The SMILES string of the molecule is COc1n[nH]c2cc(NC(=O)NC(c3ccccc3)C(C)O)ncc12. The first-order valence-electron chi connectivity index (χ1n) is 7.77. The molecule has 4 N–H and O–H groups in total. The predicted octanol–water partition coefficient (Wildman–Crippen LogP) is 2.21. The van der Waals surface area contributed by atoms with Gasteiger partial charge in [-0.3, -0.25) is 10.4 Å². The minimum absolute atomic E-state index is 0.355. The monoisotopic (exact) mass is 341 g/mol.